The van der Waals surface area contributed by atoms with Crippen LogP contribution >= 0.6 is 0 Å². The van der Waals surface area contributed by atoms with Crippen molar-refractivity contribution in [3.05, 3.63) is 35.9 Å². The van der Waals surface area contributed by atoms with Crippen molar-refractivity contribution < 1.29 is 29.3 Å². The van der Waals surface area contributed by atoms with Crippen molar-refractivity contribution in [3.63, 3.8) is 0 Å². The minimum Gasteiger partial charge on any atom is -0.489 e. The smallest absolute Gasteiger partial charge is 0.328 e. The topological polar surface area (TPSA) is 119 Å². The van der Waals surface area contributed by atoms with Crippen LogP contribution in [0.15, 0.2) is 30.4 Å². The van der Waals surface area contributed by atoms with Gasteiger partial charge in [-0.25, -0.2) is 9.59 Å². The van der Waals surface area contributed by atoms with Crippen LogP contribution in [0.5, 0.6) is 5.75 Å². The van der Waals surface area contributed by atoms with E-state index in [9.17, 15) is 14.4 Å². The molecule has 0 spiro atoms. The first-order valence-electron chi connectivity index (χ1n) is 9.99. The third-order valence-corrected chi connectivity index (χ3v) is 5.66. The zero-order valence-electron chi connectivity index (χ0n) is 16.9. The molecule has 3 saturated heterocycles. The van der Waals surface area contributed by atoms with Crippen LogP contribution in [0.3, 0.4) is 0 Å². The van der Waals surface area contributed by atoms with Crippen molar-refractivity contribution in [1.29, 1.82) is 0 Å². The number of carbonyl (C=O) groups excluding carboxylic acids is 1. The number of ether oxygens (including phenoxy) is 1. The van der Waals surface area contributed by atoms with Gasteiger partial charge in [0.15, 0.2) is 5.75 Å². The second kappa shape index (κ2) is 9.62. The molecule has 30 heavy (non-hydrogen) atoms. The fourth-order valence-electron chi connectivity index (χ4n) is 4.08. The molecule has 0 aromatic heterocycles. The molecule has 0 saturated carbocycles. The Hall–Kier alpha value is -3.07. The lowest BCUT2D eigenvalue weighted by Crippen LogP contribution is -2.57. The molecule has 4 aliphatic rings. The first-order chi connectivity index (χ1) is 14.3. The quantitative estimate of drug-likeness (QED) is 0.622. The Morgan fingerprint density at radius 3 is 2.33 bits per heavy atom. The Morgan fingerprint density at radius 1 is 1.10 bits per heavy atom. The number of nitrogens with zero attached hydrogens (tertiary/aromatic N) is 2. The van der Waals surface area contributed by atoms with Gasteiger partial charge in [-0.3, -0.25) is 4.79 Å². The van der Waals surface area contributed by atoms with Crippen molar-refractivity contribution in [2.24, 2.45) is 5.92 Å². The number of likely N-dealkylation sites (N-methyl/N-ethyl adjacent to an activating group) is 1. The third kappa shape index (κ3) is 5.29. The molecule has 1 aromatic carbocycles. The molecule has 9 heteroatoms. The molecular formula is C21H27N3O6. The number of hydrogen-bond acceptors (Lipinski definition) is 6. The lowest BCUT2D eigenvalue weighted by Gasteiger charge is -2.45. The molecule has 4 heterocycles. The van der Waals surface area contributed by atoms with Gasteiger partial charge in [0.05, 0.1) is 17.8 Å². The van der Waals surface area contributed by atoms with Crippen LogP contribution in [0.4, 0.5) is 5.69 Å². The standard InChI is InChI=1S/C17H23N3O2.C4H4O4/c1-19-9-10-22-16-13(3-2-4-15(16)19)17(21)18-14-11-20-7-5-12(14)6-8-20;5-3(6)1-2-4(7)8/h2-4,12,14H,5-11H2,1H3,(H,18,21);1-2H,(H,5,6)(H,7,8)/b;2-1+. The number of carbonyl (C=O) groups is 3. The number of rotatable bonds is 4. The predicted octanol–water partition coefficient (Wildman–Crippen LogP) is 1.05. The molecule has 2 bridgehead atoms. The average molecular weight is 417 g/mol. The molecule has 1 aromatic rings. The summed E-state index contributed by atoms with van der Waals surface area (Å²) >= 11 is 0. The monoisotopic (exact) mass is 417 g/mol. The largest absolute Gasteiger partial charge is 0.489 e. The molecule has 0 radical (unpaired) electrons. The first-order valence-corrected chi connectivity index (χ1v) is 9.99. The summed E-state index contributed by atoms with van der Waals surface area (Å²) in [5.41, 5.74) is 1.67. The van der Waals surface area contributed by atoms with Crippen molar-refractivity contribution in [1.82, 2.24) is 10.2 Å². The van der Waals surface area contributed by atoms with Gasteiger partial charge in [-0.05, 0) is 44.0 Å². The van der Waals surface area contributed by atoms with E-state index in [1.54, 1.807) is 0 Å². The van der Waals surface area contributed by atoms with Crippen molar-refractivity contribution in [3.8, 4) is 5.75 Å². The highest BCUT2D eigenvalue weighted by Gasteiger charge is 2.35. The second-order valence-electron chi connectivity index (χ2n) is 7.65. The average Bonchev–Trinajstić information content (AvgIpc) is 2.73. The van der Waals surface area contributed by atoms with Crippen LogP contribution in [-0.2, 0) is 9.59 Å². The number of amides is 1. The lowest BCUT2D eigenvalue weighted by molar-refractivity contribution is -0.134. The lowest BCUT2D eigenvalue weighted by atomic mass is 9.84. The van der Waals surface area contributed by atoms with Crippen molar-refractivity contribution in [2.45, 2.75) is 18.9 Å². The number of aliphatic carboxylic acids is 2. The Bertz CT molecular complexity index is 816. The SMILES string of the molecule is CN1CCOc2c(C(=O)NC3CN4CCC3CC4)cccc21.O=C(O)/C=C/C(=O)O. The number of piperidine rings is 3. The summed E-state index contributed by atoms with van der Waals surface area (Å²) in [7, 11) is 2.04. The van der Waals surface area contributed by atoms with Gasteiger partial charge in [0.1, 0.15) is 6.61 Å². The predicted molar refractivity (Wildman–Crippen MR) is 110 cm³/mol. The maximum atomic E-state index is 12.7. The van der Waals surface area contributed by atoms with E-state index in [1.165, 1.54) is 25.9 Å². The highest BCUT2D eigenvalue weighted by atomic mass is 16.5. The summed E-state index contributed by atoms with van der Waals surface area (Å²) in [6, 6.07) is 6.11. The molecule has 1 atom stereocenters. The van der Waals surface area contributed by atoms with Crippen molar-refractivity contribution >= 4 is 23.5 Å². The first kappa shape index (κ1) is 21.6. The summed E-state index contributed by atoms with van der Waals surface area (Å²) in [5, 5.41) is 18.9. The summed E-state index contributed by atoms with van der Waals surface area (Å²) in [6.07, 6.45) is 3.53. The van der Waals surface area contributed by atoms with Crippen LogP contribution in [0, 0.1) is 5.92 Å². The van der Waals surface area contributed by atoms with E-state index in [0.29, 0.717) is 30.2 Å². The second-order valence-corrected chi connectivity index (χ2v) is 7.65. The molecule has 3 N–H and O–H groups in total. The summed E-state index contributed by atoms with van der Waals surface area (Å²) in [4.78, 5) is 36.4. The number of hydrogen-bond donors (Lipinski definition) is 3. The van der Waals surface area contributed by atoms with Gasteiger partial charge in [-0.1, -0.05) is 6.07 Å². The molecule has 3 fully saturated rings. The van der Waals surface area contributed by atoms with E-state index in [1.807, 2.05) is 25.2 Å². The summed E-state index contributed by atoms with van der Waals surface area (Å²) in [5.74, 6) is -1.14. The normalized spacial score (nSPS) is 24.3. The summed E-state index contributed by atoms with van der Waals surface area (Å²) < 4.78 is 5.78. The molecule has 1 unspecified atom stereocenters. The van der Waals surface area contributed by atoms with E-state index in [0.717, 1.165) is 24.5 Å². The molecular weight excluding hydrogens is 390 g/mol. The van der Waals surface area contributed by atoms with Gasteiger partial charge in [0.2, 0.25) is 0 Å². The third-order valence-electron chi connectivity index (χ3n) is 5.66. The Morgan fingerprint density at radius 2 is 1.77 bits per heavy atom. The number of fused-ring (bicyclic) bond motifs is 4. The van der Waals surface area contributed by atoms with Crippen molar-refractivity contribution in [2.75, 3.05) is 44.7 Å². The number of para-hydroxylation sites is 1. The van der Waals surface area contributed by atoms with E-state index in [-0.39, 0.29) is 11.9 Å². The van der Waals surface area contributed by atoms with Gasteiger partial charge in [0, 0.05) is 31.8 Å². The van der Waals surface area contributed by atoms with Crippen LogP contribution in [0.2, 0.25) is 0 Å². The minimum absolute atomic E-state index is 0.00546. The van der Waals surface area contributed by atoms with Crippen LogP contribution in [-0.4, -0.2) is 78.8 Å². The van der Waals surface area contributed by atoms with Crippen LogP contribution in [0.1, 0.15) is 23.2 Å². The number of anilines is 1. The van der Waals surface area contributed by atoms with Crippen LogP contribution in [0.25, 0.3) is 0 Å². The number of nitrogens with one attached hydrogen (secondary N) is 1. The minimum atomic E-state index is -1.26. The van der Waals surface area contributed by atoms with Crippen LogP contribution < -0.4 is 15.0 Å². The number of benzene rings is 1. The fourth-order valence-corrected chi connectivity index (χ4v) is 4.08. The molecule has 1 amide bonds. The zero-order valence-corrected chi connectivity index (χ0v) is 16.9. The highest BCUT2D eigenvalue weighted by molar-refractivity contribution is 5.99. The maximum Gasteiger partial charge on any atom is 0.328 e. The summed E-state index contributed by atoms with van der Waals surface area (Å²) in [6.45, 7) is 4.86. The molecule has 162 valence electrons. The molecule has 4 aliphatic heterocycles. The Labute approximate surface area is 174 Å². The van der Waals surface area contributed by atoms with E-state index in [2.05, 4.69) is 15.1 Å². The fraction of sp³-hybridized carbons (Fsp3) is 0.476. The molecule has 5 rings (SSSR count). The van der Waals surface area contributed by atoms with Gasteiger partial charge in [-0.15, -0.1) is 0 Å². The van der Waals surface area contributed by atoms with E-state index in [4.69, 9.17) is 14.9 Å². The Balaban J connectivity index is 0.000000275. The molecule has 0 aliphatic carbocycles. The maximum absolute atomic E-state index is 12.7. The Kier molecular flexibility index (Phi) is 6.94. The number of carboxylic acid groups (broad SMARTS) is 2. The molecule has 9 nitrogen and oxygen atoms in total. The van der Waals surface area contributed by atoms with E-state index < -0.39 is 11.9 Å². The van der Waals surface area contributed by atoms with Gasteiger partial charge >= 0.3 is 11.9 Å². The number of carboxylic acids is 2. The highest BCUT2D eigenvalue weighted by Crippen LogP contribution is 2.34. The van der Waals surface area contributed by atoms with Gasteiger partial charge < -0.3 is 30.1 Å². The zero-order chi connectivity index (χ0) is 21.7. The van der Waals surface area contributed by atoms with Gasteiger partial charge in [0.25, 0.3) is 5.91 Å². The van der Waals surface area contributed by atoms with Gasteiger partial charge in [-0.2, -0.15) is 0 Å². The van der Waals surface area contributed by atoms with E-state index >= 15 is 0 Å².